The number of piperazine rings is 1. The summed E-state index contributed by atoms with van der Waals surface area (Å²) < 4.78 is 33.7. The molecule has 1 N–H and O–H groups in total. The molecule has 0 radical (unpaired) electrons. The lowest BCUT2D eigenvalue weighted by Gasteiger charge is -2.37. The Kier molecular flexibility index (Phi) is 7.54. The van der Waals surface area contributed by atoms with Crippen molar-refractivity contribution in [3.63, 3.8) is 0 Å². The molecule has 0 aromatic heterocycles. The molecule has 1 aliphatic rings. The van der Waals surface area contributed by atoms with Crippen molar-refractivity contribution in [2.75, 3.05) is 42.4 Å². The van der Waals surface area contributed by atoms with E-state index in [4.69, 9.17) is 4.74 Å². The molecule has 0 saturated carbocycles. The Balaban J connectivity index is 1.29. The molecule has 4 rings (SSSR count). The maximum Gasteiger partial charge on any atom is 0.261 e. The first-order valence-electron chi connectivity index (χ1n) is 12.1. The van der Waals surface area contributed by atoms with Gasteiger partial charge in [0.25, 0.3) is 15.9 Å². The van der Waals surface area contributed by atoms with Crippen LogP contribution in [0.1, 0.15) is 22.3 Å². The van der Waals surface area contributed by atoms with E-state index in [2.05, 4.69) is 41.7 Å². The van der Waals surface area contributed by atoms with E-state index in [0.717, 1.165) is 24.2 Å². The first kappa shape index (κ1) is 25.6. The highest BCUT2D eigenvalue weighted by Gasteiger charge is 2.23. The maximum atomic E-state index is 12.7. The molecule has 0 bridgehead atoms. The fraction of sp³-hybridized carbons (Fsp3) is 0.321. The minimum Gasteiger partial charge on any atom is -0.484 e. The van der Waals surface area contributed by atoms with Crippen molar-refractivity contribution in [1.29, 1.82) is 0 Å². The number of sulfonamides is 1. The van der Waals surface area contributed by atoms with Gasteiger partial charge in [0.05, 0.1) is 4.90 Å². The van der Waals surface area contributed by atoms with Gasteiger partial charge >= 0.3 is 0 Å². The number of ether oxygens (including phenoxy) is 1. The summed E-state index contributed by atoms with van der Waals surface area (Å²) >= 11 is 0. The van der Waals surface area contributed by atoms with Gasteiger partial charge in [0.2, 0.25) is 0 Å². The molecule has 0 unspecified atom stereocenters. The average Bonchev–Trinajstić information content (AvgIpc) is 2.87. The number of amides is 1. The van der Waals surface area contributed by atoms with Crippen molar-refractivity contribution in [2.45, 2.75) is 32.6 Å². The molecule has 1 amide bonds. The second-order valence-corrected chi connectivity index (χ2v) is 10.9. The molecule has 7 nitrogen and oxygen atoms in total. The van der Waals surface area contributed by atoms with E-state index in [1.165, 1.54) is 28.9 Å². The van der Waals surface area contributed by atoms with Crippen molar-refractivity contribution >= 4 is 27.3 Å². The van der Waals surface area contributed by atoms with E-state index in [-0.39, 0.29) is 17.4 Å². The standard InChI is InChI=1S/C28H33N3O4S/c1-20-8-9-24(18-22(20)3)29-36(33,34)26-12-10-25(11-13-26)35-19-28(32)31-16-14-30(15-17-31)27-7-5-6-21(2)23(27)4/h5-13,18,29H,14-17,19H2,1-4H3. The number of hydrogen-bond acceptors (Lipinski definition) is 5. The molecule has 3 aromatic carbocycles. The van der Waals surface area contributed by atoms with E-state index in [1.54, 1.807) is 24.3 Å². The normalized spacial score (nSPS) is 14.0. The lowest BCUT2D eigenvalue weighted by Crippen LogP contribution is -2.50. The van der Waals surface area contributed by atoms with Crippen LogP contribution in [0.3, 0.4) is 0 Å². The highest BCUT2D eigenvalue weighted by Crippen LogP contribution is 2.24. The predicted molar refractivity (Wildman–Crippen MR) is 143 cm³/mol. The molecule has 36 heavy (non-hydrogen) atoms. The largest absolute Gasteiger partial charge is 0.484 e. The minimum absolute atomic E-state index is 0.0799. The summed E-state index contributed by atoms with van der Waals surface area (Å²) in [5.41, 5.74) is 6.38. The minimum atomic E-state index is -3.73. The van der Waals surface area contributed by atoms with Crippen molar-refractivity contribution in [3.05, 3.63) is 82.9 Å². The van der Waals surface area contributed by atoms with Gasteiger partial charge in [0.1, 0.15) is 5.75 Å². The summed E-state index contributed by atoms with van der Waals surface area (Å²) in [5, 5.41) is 0. The van der Waals surface area contributed by atoms with Gasteiger partial charge in [-0.15, -0.1) is 0 Å². The maximum absolute atomic E-state index is 12.7. The second kappa shape index (κ2) is 10.6. The number of rotatable bonds is 7. The second-order valence-electron chi connectivity index (χ2n) is 9.25. The molecule has 0 spiro atoms. The van der Waals surface area contributed by atoms with Crippen LogP contribution < -0.4 is 14.4 Å². The first-order chi connectivity index (χ1) is 17.1. The molecule has 1 heterocycles. The van der Waals surface area contributed by atoms with Crippen molar-refractivity contribution in [3.8, 4) is 5.75 Å². The SMILES string of the molecule is Cc1ccc(NS(=O)(=O)c2ccc(OCC(=O)N3CCN(c4cccc(C)c4C)CC3)cc2)cc1C. The van der Waals surface area contributed by atoms with E-state index < -0.39 is 10.0 Å². The molecule has 190 valence electrons. The smallest absolute Gasteiger partial charge is 0.261 e. The van der Waals surface area contributed by atoms with Gasteiger partial charge in [0, 0.05) is 37.6 Å². The number of benzene rings is 3. The van der Waals surface area contributed by atoms with Crippen LogP contribution in [0.15, 0.2) is 65.6 Å². The van der Waals surface area contributed by atoms with Crippen LogP contribution >= 0.6 is 0 Å². The van der Waals surface area contributed by atoms with Gasteiger partial charge in [-0.2, -0.15) is 0 Å². The fourth-order valence-electron chi connectivity index (χ4n) is 4.25. The molecule has 3 aromatic rings. The third kappa shape index (κ3) is 5.82. The van der Waals surface area contributed by atoms with Crippen LogP contribution in [0.4, 0.5) is 11.4 Å². The molecular weight excluding hydrogens is 474 g/mol. The number of carbonyl (C=O) groups is 1. The van der Waals surface area contributed by atoms with Gasteiger partial charge in [-0.3, -0.25) is 9.52 Å². The summed E-state index contributed by atoms with van der Waals surface area (Å²) in [6.45, 7) is 10.9. The van der Waals surface area contributed by atoms with E-state index >= 15 is 0 Å². The molecule has 1 aliphatic heterocycles. The van der Waals surface area contributed by atoms with Crippen molar-refractivity contribution in [1.82, 2.24) is 4.90 Å². The van der Waals surface area contributed by atoms with E-state index in [9.17, 15) is 13.2 Å². The van der Waals surface area contributed by atoms with Gasteiger partial charge in [0.15, 0.2) is 6.61 Å². The lowest BCUT2D eigenvalue weighted by atomic mass is 10.1. The fourth-order valence-corrected chi connectivity index (χ4v) is 5.29. The third-order valence-electron chi connectivity index (χ3n) is 6.80. The first-order valence-corrected chi connectivity index (χ1v) is 13.5. The number of nitrogens with one attached hydrogen (secondary N) is 1. The Hall–Kier alpha value is -3.52. The summed E-state index contributed by atoms with van der Waals surface area (Å²) in [7, 11) is -3.73. The number of carbonyl (C=O) groups excluding carboxylic acids is 1. The highest BCUT2D eigenvalue weighted by molar-refractivity contribution is 7.92. The van der Waals surface area contributed by atoms with Gasteiger partial charge in [-0.25, -0.2) is 8.42 Å². The summed E-state index contributed by atoms with van der Waals surface area (Å²) in [5.74, 6) is 0.367. The Morgan fingerprint density at radius 2 is 1.56 bits per heavy atom. The van der Waals surface area contributed by atoms with Crippen LogP contribution in [0.5, 0.6) is 5.75 Å². The number of hydrogen-bond donors (Lipinski definition) is 1. The molecule has 0 aliphatic carbocycles. The van der Waals surface area contributed by atoms with Gasteiger partial charge < -0.3 is 14.5 Å². The molecule has 0 atom stereocenters. The molecule has 1 fully saturated rings. The lowest BCUT2D eigenvalue weighted by molar-refractivity contribution is -0.133. The Bertz CT molecular complexity index is 1350. The summed E-state index contributed by atoms with van der Waals surface area (Å²) in [6.07, 6.45) is 0. The Morgan fingerprint density at radius 1 is 0.861 bits per heavy atom. The van der Waals surface area contributed by atoms with E-state index in [0.29, 0.717) is 24.5 Å². The summed E-state index contributed by atoms with van der Waals surface area (Å²) in [6, 6.07) is 17.8. The molecule has 1 saturated heterocycles. The zero-order valence-corrected chi connectivity index (χ0v) is 22.1. The van der Waals surface area contributed by atoms with Crippen LogP contribution in [0.2, 0.25) is 0 Å². The van der Waals surface area contributed by atoms with Gasteiger partial charge in [-0.05, 0) is 92.4 Å². The number of anilines is 2. The van der Waals surface area contributed by atoms with Crippen LogP contribution in [-0.4, -0.2) is 52.0 Å². The molecule has 8 heteroatoms. The van der Waals surface area contributed by atoms with Crippen molar-refractivity contribution < 1.29 is 17.9 Å². The van der Waals surface area contributed by atoms with E-state index in [1.807, 2.05) is 24.8 Å². The molecular formula is C28H33N3O4S. The monoisotopic (exact) mass is 507 g/mol. The average molecular weight is 508 g/mol. The van der Waals surface area contributed by atoms with Crippen LogP contribution in [0.25, 0.3) is 0 Å². The highest BCUT2D eigenvalue weighted by atomic mass is 32.2. The number of nitrogens with zero attached hydrogens (tertiary/aromatic N) is 2. The quantitative estimate of drug-likeness (QED) is 0.511. The Labute approximate surface area is 213 Å². The number of aryl methyl sites for hydroxylation is 3. The summed E-state index contributed by atoms with van der Waals surface area (Å²) in [4.78, 5) is 17.0. The third-order valence-corrected chi connectivity index (χ3v) is 8.20. The zero-order valence-electron chi connectivity index (χ0n) is 21.2. The topological polar surface area (TPSA) is 78.9 Å². The predicted octanol–water partition coefficient (Wildman–Crippen LogP) is 4.45. The zero-order chi connectivity index (χ0) is 25.9. The Morgan fingerprint density at radius 3 is 2.22 bits per heavy atom. The van der Waals surface area contributed by atoms with Crippen LogP contribution in [0, 0.1) is 27.7 Å². The van der Waals surface area contributed by atoms with Gasteiger partial charge in [-0.1, -0.05) is 18.2 Å². The van der Waals surface area contributed by atoms with Crippen LogP contribution in [-0.2, 0) is 14.8 Å². The van der Waals surface area contributed by atoms with Crippen molar-refractivity contribution in [2.24, 2.45) is 0 Å².